The Balaban J connectivity index is 1.75. The summed E-state index contributed by atoms with van der Waals surface area (Å²) in [6.45, 7) is 2.77. The van der Waals surface area contributed by atoms with Crippen LogP contribution in [0.2, 0.25) is 0 Å². The van der Waals surface area contributed by atoms with Crippen LogP contribution in [0, 0.1) is 5.82 Å². The van der Waals surface area contributed by atoms with Gasteiger partial charge in [-0.15, -0.1) is 0 Å². The molecular formula is C14H18FN3O2. The standard InChI is InChI=1S/C14H18FN3O2/c15-10-1-4-13(18-5-7-20-8-6-18)12(9-10)17-14(19)16-11-2-3-11/h1,4,9,11H,2-3,5-8H2,(H2,16,17,19). The molecule has 0 unspecified atom stereocenters. The van der Waals surface area contributed by atoms with Crippen LogP contribution in [0.25, 0.3) is 0 Å². The van der Waals surface area contributed by atoms with Crippen LogP contribution in [0.4, 0.5) is 20.6 Å². The third-order valence-corrected chi connectivity index (χ3v) is 3.47. The normalized spacial score (nSPS) is 18.8. The van der Waals surface area contributed by atoms with E-state index in [0.717, 1.165) is 31.6 Å². The first-order chi connectivity index (χ1) is 9.72. The van der Waals surface area contributed by atoms with Crippen LogP contribution < -0.4 is 15.5 Å². The third-order valence-electron chi connectivity index (χ3n) is 3.47. The molecule has 0 aromatic heterocycles. The molecule has 108 valence electrons. The molecule has 5 nitrogen and oxygen atoms in total. The molecule has 2 aliphatic rings. The maximum Gasteiger partial charge on any atom is 0.319 e. The summed E-state index contributed by atoms with van der Waals surface area (Å²) < 4.78 is 18.7. The number of hydrogen-bond donors (Lipinski definition) is 2. The fourth-order valence-electron chi connectivity index (χ4n) is 2.26. The predicted octanol–water partition coefficient (Wildman–Crippen LogP) is 1.95. The van der Waals surface area contributed by atoms with Gasteiger partial charge in [-0.05, 0) is 31.0 Å². The summed E-state index contributed by atoms with van der Waals surface area (Å²) in [5.41, 5.74) is 1.34. The molecule has 0 spiro atoms. The van der Waals surface area contributed by atoms with E-state index in [1.807, 2.05) is 0 Å². The number of anilines is 2. The number of nitrogens with zero attached hydrogens (tertiary/aromatic N) is 1. The highest BCUT2D eigenvalue weighted by molar-refractivity contribution is 5.93. The summed E-state index contributed by atoms with van der Waals surface area (Å²) in [4.78, 5) is 13.9. The van der Waals surface area contributed by atoms with E-state index in [2.05, 4.69) is 15.5 Å². The number of benzene rings is 1. The smallest absolute Gasteiger partial charge is 0.319 e. The minimum Gasteiger partial charge on any atom is -0.378 e. The van der Waals surface area contributed by atoms with Gasteiger partial charge in [0.25, 0.3) is 0 Å². The van der Waals surface area contributed by atoms with Gasteiger partial charge in [-0.1, -0.05) is 0 Å². The zero-order chi connectivity index (χ0) is 13.9. The highest BCUT2D eigenvalue weighted by Crippen LogP contribution is 2.28. The molecule has 0 bridgehead atoms. The van der Waals surface area contributed by atoms with Crippen LogP contribution in [0.5, 0.6) is 0 Å². The van der Waals surface area contributed by atoms with Gasteiger partial charge >= 0.3 is 6.03 Å². The second-order valence-electron chi connectivity index (χ2n) is 5.13. The molecule has 2 amide bonds. The molecule has 1 aliphatic carbocycles. The van der Waals surface area contributed by atoms with Crippen LogP contribution in [-0.2, 0) is 4.74 Å². The Kier molecular flexibility index (Phi) is 3.73. The average molecular weight is 279 g/mol. The maximum absolute atomic E-state index is 13.4. The van der Waals surface area contributed by atoms with E-state index in [1.165, 1.54) is 12.1 Å². The number of carbonyl (C=O) groups excluding carboxylic acids is 1. The lowest BCUT2D eigenvalue weighted by atomic mass is 10.2. The topological polar surface area (TPSA) is 53.6 Å². The number of nitrogens with one attached hydrogen (secondary N) is 2. The first kappa shape index (κ1) is 13.2. The average Bonchev–Trinajstić information content (AvgIpc) is 3.23. The molecule has 3 rings (SSSR count). The second kappa shape index (κ2) is 5.66. The third kappa shape index (κ3) is 3.19. The minimum atomic E-state index is -0.358. The van der Waals surface area contributed by atoms with Crippen molar-refractivity contribution in [2.45, 2.75) is 18.9 Å². The largest absolute Gasteiger partial charge is 0.378 e. The molecule has 1 aromatic carbocycles. The van der Waals surface area contributed by atoms with E-state index in [-0.39, 0.29) is 17.9 Å². The summed E-state index contributed by atoms with van der Waals surface area (Å²) in [5, 5.41) is 5.58. The Labute approximate surface area is 117 Å². The van der Waals surface area contributed by atoms with Gasteiger partial charge in [0.15, 0.2) is 0 Å². The maximum atomic E-state index is 13.4. The molecule has 0 atom stereocenters. The Morgan fingerprint density at radius 3 is 2.75 bits per heavy atom. The van der Waals surface area contributed by atoms with Gasteiger partial charge in [0.05, 0.1) is 24.6 Å². The Morgan fingerprint density at radius 1 is 1.30 bits per heavy atom. The molecule has 1 aromatic rings. The first-order valence-corrected chi connectivity index (χ1v) is 6.92. The van der Waals surface area contributed by atoms with Gasteiger partial charge in [-0.25, -0.2) is 9.18 Å². The number of morpholine rings is 1. The van der Waals surface area contributed by atoms with Gasteiger partial charge in [-0.3, -0.25) is 0 Å². The molecule has 1 aliphatic heterocycles. The van der Waals surface area contributed by atoms with Crippen molar-refractivity contribution in [3.05, 3.63) is 24.0 Å². The van der Waals surface area contributed by atoms with E-state index < -0.39 is 0 Å². The second-order valence-corrected chi connectivity index (χ2v) is 5.13. The summed E-state index contributed by atoms with van der Waals surface area (Å²) in [7, 11) is 0. The number of urea groups is 1. The summed E-state index contributed by atoms with van der Waals surface area (Å²) >= 11 is 0. The molecular weight excluding hydrogens is 261 g/mol. The molecule has 2 fully saturated rings. The highest BCUT2D eigenvalue weighted by atomic mass is 19.1. The van der Waals surface area contributed by atoms with Crippen LogP contribution in [0.3, 0.4) is 0 Å². The van der Waals surface area contributed by atoms with Gasteiger partial charge in [0, 0.05) is 19.1 Å². The predicted molar refractivity (Wildman–Crippen MR) is 74.6 cm³/mol. The van der Waals surface area contributed by atoms with Gasteiger partial charge in [0.1, 0.15) is 5.82 Å². The van der Waals surface area contributed by atoms with E-state index in [4.69, 9.17) is 4.74 Å². The molecule has 20 heavy (non-hydrogen) atoms. The van der Waals surface area contributed by atoms with Crippen LogP contribution in [0.1, 0.15) is 12.8 Å². The number of ether oxygens (including phenoxy) is 1. The fourth-order valence-corrected chi connectivity index (χ4v) is 2.26. The summed E-state index contributed by atoms with van der Waals surface area (Å²) in [6.07, 6.45) is 2.04. The van der Waals surface area contributed by atoms with Gasteiger partial charge in [0.2, 0.25) is 0 Å². The van der Waals surface area contributed by atoms with Crippen LogP contribution in [-0.4, -0.2) is 38.4 Å². The van der Waals surface area contributed by atoms with Crippen molar-refractivity contribution in [1.82, 2.24) is 5.32 Å². The summed E-state index contributed by atoms with van der Waals surface area (Å²) in [6, 6.07) is 4.47. The zero-order valence-electron chi connectivity index (χ0n) is 11.2. The van der Waals surface area contributed by atoms with Crippen LogP contribution >= 0.6 is 0 Å². The van der Waals surface area contributed by atoms with E-state index in [1.54, 1.807) is 6.07 Å². The molecule has 0 radical (unpaired) electrons. The molecule has 2 N–H and O–H groups in total. The lowest BCUT2D eigenvalue weighted by molar-refractivity contribution is 0.123. The van der Waals surface area contributed by atoms with E-state index in [9.17, 15) is 9.18 Å². The van der Waals surface area contributed by atoms with Crippen LogP contribution in [0.15, 0.2) is 18.2 Å². The molecule has 6 heteroatoms. The Bertz CT molecular complexity index is 499. The summed E-state index contributed by atoms with van der Waals surface area (Å²) in [5.74, 6) is -0.358. The quantitative estimate of drug-likeness (QED) is 0.889. The number of halogens is 1. The van der Waals surface area contributed by atoms with Crippen molar-refractivity contribution >= 4 is 17.4 Å². The van der Waals surface area contributed by atoms with Crippen molar-refractivity contribution < 1.29 is 13.9 Å². The monoisotopic (exact) mass is 279 g/mol. The number of amides is 2. The lowest BCUT2D eigenvalue weighted by Crippen LogP contribution is -2.37. The van der Waals surface area contributed by atoms with Gasteiger partial charge in [-0.2, -0.15) is 0 Å². The number of hydrogen-bond acceptors (Lipinski definition) is 3. The van der Waals surface area contributed by atoms with E-state index in [0.29, 0.717) is 18.9 Å². The van der Waals surface area contributed by atoms with Crippen molar-refractivity contribution in [3.63, 3.8) is 0 Å². The SMILES string of the molecule is O=C(Nc1cc(F)ccc1N1CCOCC1)NC1CC1. The molecule has 1 saturated carbocycles. The zero-order valence-corrected chi connectivity index (χ0v) is 11.2. The first-order valence-electron chi connectivity index (χ1n) is 6.92. The number of rotatable bonds is 3. The van der Waals surface area contributed by atoms with Crippen molar-refractivity contribution in [1.29, 1.82) is 0 Å². The Hall–Kier alpha value is -1.82. The highest BCUT2D eigenvalue weighted by Gasteiger charge is 2.24. The fraction of sp³-hybridized carbons (Fsp3) is 0.500. The van der Waals surface area contributed by atoms with Crippen molar-refractivity contribution in [2.24, 2.45) is 0 Å². The van der Waals surface area contributed by atoms with Gasteiger partial charge < -0.3 is 20.3 Å². The van der Waals surface area contributed by atoms with Crippen molar-refractivity contribution in [3.8, 4) is 0 Å². The molecule has 1 heterocycles. The van der Waals surface area contributed by atoms with Crippen molar-refractivity contribution in [2.75, 3.05) is 36.5 Å². The Morgan fingerprint density at radius 2 is 2.05 bits per heavy atom. The van der Waals surface area contributed by atoms with E-state index >= 15 is 0 Å². The lowest BCUT2D eigenvalue weighted by Gasteiger charge is -2.30. The number of carbonyl (C=O) groups is 1. The molecule has 1 saturated heterocycles. The minimum absolute atomic E-state index is 0.271.